The van der Waals surface area contributed by atoms with E-state index in [4.69, 9.17) is 17.0 Å². The SMILES string of the molecule is CCOC(=O)[C@H](C)NC(C)=S. The highest BCUT2D eigenvalue weighted by molar-refractivity contribution is 7.80. The normalized spacial score (nSPS) is 11.9. The third-order valence-corrected chi connectivity index (χ3v) is 1.18. The minimum atomic E-state index is -0.340. The van der Waals surface area contributed by atoms with Crippen molar-refractivity contribution in [1.29, 1.82) is 0 Å². The Morgan fingerprint density at radius 3 is 2.64 bits per heavy atom. The number of hydrogen-bond acceptors (Lipinski definition) is 3. The molecule has 0 saturated heterocycles. The Kier molecular flexibility index (Phi) is 4.77. The molecule has 0 aromatic heterocycles. The summed E-state index contributed by atoms with van der Waals surface area (Å²) < 4.78 is 4.74. The van der Waals surface area contributed by atoms with Crippen LogP contribution in [0.4, 0.5) is 0 Å². The quantitative estimate of drug-likeness (QED) is 0.510. The number of rotatable bonds is 3. The largest absolute Gasteiger partial charge is 0.464 e. The topological polar surface area (TPSA) is 38.3 Å². The fourth-order valence-electron chi connectivity index (χ4n) is 0.631. The van der Waals surface area contributed by atoms with E-state index >= 15 is 0 Å². The Morgan fingerprint density at radius 1 is 1.73 bits per heavy atom. The third kappa shape index (κ3) is 4.72. The molecule has 1 atom stereocenters. The maximum absolute atomic E-state index is 10.9. The van der Waals surface area contributed by atoms with Crippen LogP contribution in [0.15, 0.2) is 0 Å². The molecule has 0 heterocycles. The molecule has 0 aliphatic heterocycles. The van der Waals surface area contributed by atoms with Gasteiger partial charge in [0.2, 0.25) is 0 Å². The highest BCUT2D eigenvalue weighted by atomic mass is 32.1. The van der Waals surface area contributed by atoms with E-state index in [0.29, 0.717) is 11.6 Å². The summed E-state index contributed by atoms with van der Waals surface area (Å²) in [6.07, 6.45) is 0. The molecule has 0 rings (SSSR count). The van der Waals surface area contributed by atoms with Gasteiger partial charge in [0, 0.05) is 0 Å². The first kappa shape index (κ1) is 10.4. The van der Waals surface area contributed by atoms with Gasteiger partial charge in [0.15, 0.2) is 0 Å². The molecule has 0 bridgehead atoms. The van der Waals surface area contributed by atoms with Gasteiger partial charge < -0.3 is 10.1 Å². The molecule has 64 valence electrons. The zero-order chi connectivity index (χ0) is 8.85. The van der Waals surface area contributed by atoms with Crippen LogP contribution in [-0.2, 0) is 9.53 Å². The van der Waals surface area contributed by atoms with Crippen molar-refractivity contribution in [2.45, 2.75) is 26.8 Å². The average molecular weight is 175 g/mol. The van der Waals surface area contributed by atoms with Crippen molar-refractivity contribution < 1.29 is 9.53 Å². The molecule has 0 spiro atoms. The van der Waals surface area contributed by atoms with Gasteiger partial charge in [-0.25, -0.2) is 4.79 Å². The van der Waals surface area contributed by atoms with Gasteiger partial charge >= 0.3 is 5.97 Å². The summed E-state index contributed by atoms with van der Waals surface area (Å²) in [5.74, 6) is -0.267. The predicted octanol–water partition coefficient (Wildman–Crippen LogP) is 0.875. The van der Waals surface area contributed by atoms with Gasteiger partial charge in [0.05, 0.1) is 11.6 Å². The van der Waals surface area contributed by atoms with Gasteiger partial charge in [-0.1, -0.05) is 12.2 Å². The second-order valence-electron chi connectivity index (χ2n) is 2.17. The van der Waals surface area contributed by atoms with Crippen LogP contribution in [-0.4, -0.2) is 23.6 Å². The zero-order valence-electron chi connectivity index (χ0n) is 7.01. The highest BCUT2D eigenvalue weighted by Gasteiger charge is 2.12. The Hall–Kier alpha value is -0.640. The molecule has 4 heteroatoms. The predicted molar refractivity (Wildman–Crippen MR) is 47.5 cm³/mol. The second kappa shape index (κ2) is 5.07. The first-order valence-corrected chi connectivity index (χ1v) is 3.92. The first-order valence-electron chi connectivity index (χ1n) is 3.51. The van der Waals surface area contributed by atoms with Gasteiger partial charge in [-0.2, -0.15) is 0 Å². The molecule has 0 saturated carbocycles. The summed E-state index contributed by atoms with van der Waals surface area (Å²) in [6, 6.07) is -0.340. The van der Waals surface area contributed by atoms with Crippen molar-refractivity contribution in [3.8, 4) is 0 Å². The summed E-state index contributed by atoms with van der Waals surface area (Å²) in [6.45, 7) is 5.62. The van der Waals surface area contributed by atoms with Crippen molar-refractivity contribution in [3.05, 3.63) is 0 Å². The summed E-state index contributed by atoms with van der Waals surface area (Å²) in [7, 11) is 0. The van der Waals surface area contributed by atoms with Crippen molar-refractivity contribution >= 4 is 23.2 Å². The standard InChI is InChI=1S/C7H13NO2S/c1-4-10-7(9)5(2)8-6(3)11/h5H,4H2,1-3H3,(H,8,11)/t5-/m0/s1. The first-order chi connectivity index (χ1) is 5.07. The average Bonchev–Trinajstić information content (AvgIpc) is 1.86. The van der Waals surface area contributed by atoms with Gasteiger partial charge in [0.25, 0.3) is 0 Å². The molecule has 3 nitrogen and oxygen atoms in total. The monoisotopic (exact) mass is 175 g/mol. The number of ether oxygens (including phenoxy) is 1. The van der Waals surface area contributed by atoms with Crippen LogP contribution in [0.25, 0.3) is 0 Å². The van der Waals surface area contributed by atoms with Crippen LogP contribution in [0.1, 0.15) is 20.8 Å². The fourth-order valence-corrected chi connectivity index (χ4v) is 0.808. The van der Waals surface area contributed by atoms with Crippen molar-refractivity contribution in [1.82, 2.24) is 5.32 Å². The molecule has 0 aliphatic rings. The molecule has 0 aromatic rings. The van der Waals surface area contributed by atoms with Crippen LogP contribution in [0, 0.1) is 0 Å². The lowest BCUT2D eigenvalue weighted by Crippen LogP contribution is -2.37. The Bertz CT molecular complexity index is 159. The Balaban J connectivity index is 3.73. The Morgan fingerprint density at radius 2 is 2.27 bits per heavy atom. The summed E-state index contributed by atoms with van der Waals surface area (Å²) in [5, 5.41) is 2.78. The number of nitrogens with one attached hydrogen (secondary N) is 1. The van der Waals surface area contributed by atoms with Crippen LogP contribution in [0.5, 0.6) is 0 Å². The van der Waals surface area contributed by atoms with Gasteiger partial charge in [-0.15, -0.1) is 0 Å². The van der Waals surface area contributed by atoms with Crippen LogP contribution < -0.4 is 5.32 Å². The van der Waals surface area contributed by atoms with E-state index < -0.39 is 0 Å². The molecule has 0 amide bonds. The fraction of sp³-hybridized carbons (Fsp3) is 0.714. The molecule has 11 heavy (non-hydrogen) atoms. The number of esters is 1. The molecule has 0 aliphatic carbocycles. The van der Waals surface area contributed by atoms with Gasteiger partial charge in [-0.3, -0.25) is 0 Å². The lowest BCUT2D eigenvalue weighted by molar-refractivity contribution is -0.144. The van der Waals surface area contributed by atoms with E-state index in [1.54, 1.807) is 20.8 Å². The lowest BCUT2D eigenvalue weighted by Gasteiger charge is -2.11. The van der Waals surface area contributed by atoms with Crippen molar-refractivity contribution in [3.63, 3.8) is 0 Å². The molecule has 1 N–H and O–H groups in total. The van der Waals surface area contributed by atoms with Crippen LogP contribution >= 0.6 is 12.2 Å². The highest BCUT2D eigenvalue weighted by Crippen LogP contribution is 1.87. The van der Waals surface area contributed by atoms with E-state index in [1.807, 2.05) is 0 Å². The minimum absolute atomic E-state index is 0.267. The van der Waals surface area contributed by atoms with Gasteiger partial charge in [0.1, 0.15) is 6.04 Å². The number of thiocarbonyl (C=S) groups is 1. The molecule has 0 unspecified atom stereocenters. The third-order valence-electron chi connectivity index (χ3n) is 1.06. The summed E-state index contributed by atoms with van der Waals surface area (Å²) in [5.41, 5.74) is 0. The maximum Gasteiger partial charge on any atom is 0.328 e. The molecule has 0 fully saturated rings. The molecular weight excluding hydrogens is 162 g/mol. The summed E-state index contributed by atoms with van der Waals surface area (Å²) >= 11 is 4.76. The molecular formula is C7H13NO2S. The van der Waals surface area contributed by atoms with E-state index in [-0.39, 0.29) is 12.0 Å². The summed E-state index contributed by atoms with van der Waals surface area (Å²) in [4.78, 5) is 11.5. The molecule has 0 radical (unpaired) electrons. The van der Waals surface area contributed by atoms with E-state index in [2.05, 4.69) is 5.32 Å². The van der Waals surface area contributed by atoms with Crippen LogP contribution in [0.2, 0.25) is 0 Å². The number of carbonyl (C=O) groups is 1. The van der Waals surface area contributed by atoms with Gasteiger partial charge in [-0.05, 0) is 20.8 Å². The maximum atomic E-state index is 10.9. The number of carbonyl (C=O) groups excluding carboxylic acids is 1. The lowest BCUT2D eigenvalue weighted by atomic mass is 10.3. The van der Waals surface area contributed by atoms with E-state index in [9.17, 15) is 4.79 Å². The number of hydrogen-bond donors (Lipinski definition) is 1. The second-order valence-corrected chi connectivity index (χ2v) is 2.79. The van der Waals surface area contributed by atoms with E-state index in [0.717, 1.165) is 0 Å². The van der Waals surface area contributed by atoms with E-state index in [1.165, 1.54) is 0 Å². The Labute approximate surface area is 72.1 Å². The van der Waals surface area contributed by atoms with Crippen molar-refractivity contribution in [2.75, 3.05) is 6.61 Å². The zero-order valence-corrected chi connectivity index (χ0v) is 7.83. The molecule has 0 aromatic carbocycles. The van der Waals surface area contributed by atoms with Crippen LogP contribution in [0.3, 0.4) is 0 Å². The van der Waals surface area contributed by atoms with Crippen molar-refractivity contribution in [2.24, 2.45) is 0 Å². The minimum Gasteiger partial charge on any atom is -0.464 e. The smallest absolute Gasteiger partial charge is 0.328 e.